The molecule has 0 atom stereocenters. The van der Waals surface area contributed by atoms with Gasteiger partial charge in [0.1, 0.15) is 11.5 Å². The number of nitrogens with one attached hydrogen (secondary N) is 2. The second kappa shape index (κ2) is 10.8. The molecule has 32 heavy (non-hydrogen) atoms. The number of benzene rings is 2. The SMILES string of the molecule is COc1ccc(OCc2noc(CNC(=O)Nc3cc(OC)c(OC)c(OC)c3)n2)cc1. The Morgan fingerprint density at radius 3 is 2.19 bits per heavy atom. The minimum Gasteiger partial charge on any atom is -0.497 e. The number of hydrogen-bond acceptors (Lipinski definition) is 9. The lowest BCUT2D eigenvalue weighted by Gasteiger charge is -2.14. The summed E-state index contributed by atoms with van der Waals surface area (Å²) in [7, 11) is 6.08. The van der Waals surface area contributed by atoms with E-state index >= 15 is 0 Å². The zero-order valence-corrected chi connectivity index (χ0v) is 18.1. The number of amides is 2. The lowest BCUT2D eigenvalue weighted by Crippen LogP contribution is -2.28. The van der Waals surface area contributed by atoms with E-state index in [2.05, 4.69) is 20.8 Å². The number of nitrogens with zero attached hydrogens (tertiary/aromatic N) is 2. The number of rotatable bonds is 10. The van der Waals surface area contributed by atoms with Crippen molar-refractivity contribution in [3.8, 4) is 28.7 Å². The van der Waals surface area contributed by atoms with E-state index in [1.807, 2.05) is 0 Å². The molecule has 2 amide bonds. The summed E-state index contributed by atoms with van der Waals surface area (Å²) in [6.07, 6.45) is 0. The van der Waals surface area contributed by atoms with Crippen LogP contribution >= 0.6 is 0 Å². The number of urea groups is 1. The predicted molar refractivity (Wildman–Crippen MR) is 114 cm³/mol. The first-order chi connectivity index (χ1) is 15.6. The predicted octanol–water partition coefficient (Wildman–Crippen LogP) is 3.00. The first-order valence-electron chi connectivity index (χ1n) is 9.49. The van der Waals surface area contributed by atoms with Crippen LogP contribution in [-0.2, 0) is 13.2 Å². The van der Waals surface area contributed by atoms with Gasteiger partial charge in [0.25, 0.3) is 0 Å². The van der Waals surface area contributed by atoms with Crippen molar-refractivity contribution in [1.82, 2.24) is 15.5 Å². The molecular formula is C21H24N4O7. The largest absolute Gasteiger partial charge is 0.497 e. The molecule has 170 valence electrons. The van der Waals surface area contributed by atoms with Crippen molar-refractivity contribution in [3.63, 3.8) is 0 Å². The molecule has 0 spiro atoms. The number of hydrogen-bond donors (Lipinski definition) is 2. The molecule has 0 unspecified atom stereocenters. The Hall–Kier alpha value is -4.15. The average Bonchev–Trinajstić information content (AvgIpc) is 3.29. The number of anilines is 1. The zero-order valence-electron chi connectivity index (χ0n) is 18.1. The molecule has 2 N–H and O–H groups in total. The van der Waals surface area contributed by atoms with Crippen LogP contribution in [0.3, 0.4) is 0 Å². The second-order valence-electron chi connectivity index (χ2n) is 6.29. The molecule has 3 aromatic rings. The van der Waals surface area contributed by atoms with Gasteiger partial charge in [-0.25, -0.2) is 4.79 Å². The Labute approximate surface area is 184 Å². The number of carbonyl (C=O) groups excluding carboxylic acids is 1. The van der Waals surface area contributed by atoms with Crippen LogP contribution < -0.4 is 34.3 Å². The highest BCUT2D eigenvalue weighted by Crippen LogP contribution is 2.39. The molecule has 0 radical (unpaired) electrons. The van der Waals surface area contributed by atoms with Gasteiger partial charge in [-0.2, -0.15) is 4.98 Å². The molecule has 1 heterocycles. The van der Waals surface area contributed by atoms with Crippen LogP contribution in [0.15, 0.2) is 40.9 Å². The van der Waals surface area contributed by atoms with E-state index in [0.717, 1.165) is 5.75 Å². The summed E-state index contributed by atoms with van der Waals surface area (Å²) in [6.45, 7) is 0.152. The van der Waals surface area contributed by atoms with Crippen LogP contribution in [0.25, 0.3) is 0 Å². The molecule has 3 rings (SSSR count). The Bertz CT molecular complexity index is 1010. The monoisotopic (exact) mass is 444 g/mol. The van der Waals surface area contributed by atoms with E-state index in [9.17, 15) is 4.79 Å². The van der Waals surface area contributed by atoms with Crippen molar-refractivity contribution in [2.75, 3.05) is 33.8 Å². The molecule has 1 aromatic heterocycles. The molecule has 0 fully saturated rings. The summed E-state index contributed by atoms with van der Waals surface area (Å²) in [6, 6.07) is 9.86. The molecule has 11 nitrogen and oxygen atoms in total. The van der Waals surface area contributed by atoms with Gasteiger partial charge >= 0.3 is 6.03 Å². The Morgan fingerprint density at radius 2 is 1.59 bits per heavy atom. The van der Waals surface area contributed by atoms with Crippen molar-refractivity contribution in [2.24, 2.45) is 0 Å². The average molecular weight is 444 g/mol. The van der Waals surface area contributed by atoms with Crippen molar-refractivity contribution < 1.29 is 33.0 Å². The number of aromatic nitrogens is 2. The summed E-state index contributed by atoms with van der Waals surface area (Å²) in [4.78, 5) is 16.4. The third-order valence-corrected chi connectivity index (χ3v) is 4.26. The van der Waals surface area contributed by atoms with Crippen molar-refractivity contribution in [2.45, 2.75) is 13.2 Å². The number of methoxy groups -OCH3 is 4. The third kappa shape index (κ3) is 5.72. The van der Waals surface area contributed by atoms with E-state index in [4.69, 9.17) is 28.2 Å². The first-order valence-corrected chi connectivity index (χ1v) is 9.49. The minimum absolute atomic E-state index is 0.0335. The molecular weight excluding hydrogens is 420 g/mol. The van der Waals surface area contributed by atoms with Gasteiger partial charge in [-0.05, 0) is 24.3 Å². The van der Waals surface area contributed by atoms with E-state index in [0.29, 0.717) is 34.5 Å². The van der Waals surface area contributed by atoms with Crippen molar-refractivity contribution in [1.29, 1.82) is 0 Å². The fraction of sp³-hybridized carbons (Fsp3) is 0.286. The van der Waals surface area contributed by atoms with Gasteiger partial charge in [-0.1, -0.05) is 5.16 Å². The Morgan fingerprint density at radius 1 is 0.938 bits per heavy atom. The third-order valence-electron chi connectivity index (χ3n) is 4.26. The standard InChI is InChI=1S/C21H24N4O7/c1-27-14-5-7-15(8-6-14)31-12-18-24-19(32-25-18)11-22-21(26)23-13-9-16(28-2)20(30-4)17(10-13)29-3/h5-10H,11-12H2,1-4H3,(H2,22,23,26). The van der Waals surface area contributed by atoms with Gasteiger partial charge in [0.15, 0.2) is 18.1 Å². The molecule has 2 aromatic carbocycles. The lowest BCUT2D eigenvalue weighted by molar-refractivity contribution is 0.249. The number of ether oxygens (including phenoxy) is 5. The van der Waals surface area contributed by atoms with E-state index in [1.165, 1.54) is 21.3 Å². The molecule has 0 saturated heterocycles. The minimum atomic E-state index is -0.478. The van der Waals surface area contributed by atoms with Gasteiger partial charge in [0.05, 0.1) is 40.7 Å². The van der Waals surface area contributed by atoms with Crippen molar-refractivity contribution >= 4 is 11.7 Å². The molecule has 11 heteroatoms. The fourth-order valence-corrected chi connectivity index (χ4v) is 2.72. The van der Waals surface area contributed by atoms with Crippen LogP contribution in [0.2, 0.25) is 0 Å². The Balaban J connectivity index is 1.51. The van der Waals surface area contributed by atoms with Gasteiger partial charge in [0, 0.05) is 12.1 Å². The number of carbonyl (C=O) groups is 1. The topological polar surface area (TPSA) is 126 Å². The van der Waals surface area contributed by atoms with Crippen LogP contribution in [0.4, 0.5) is 10.5 Å². The molecule has 0 bridgehead atoms. The fourth-order valence-electron chi connectivity index (χ4n) is 2.72. The molecule has 0 aliphatic heterocycles. The highest BCUT2D eigenvalue weighted by Gasteiger charge is 2.15. The van der Waals surface area contributed by atoms with Crippen LogP contribution in [0.5, 0.6) is 28.7 Å². The van der Waals surface area contributed by atoms with Crippen LogP contribution in [0.1, 0.15) is 11.7 Å². The van der Waals surface area contributed by atoms with Gasteiger partial charge < -0.3 is 38.8 Å². The maximum atomic E-state index is 12.2. The van der Waals surface area contributed by atoms with Gasteiger partial charge in [0.2, 0.25) is 17.5 Å². The first kappa shape index (κ1) is 22.5. The van der Waals surface area contributed by atoms with E-state index in [-0.39, 0.29) is 19.0 Å². The normalized spacial score (nSPS) is 10.2. The van der Waals surface area contributed by atoms with Crippen molar-refractivity contribution in [3.05, 3.63) is 48.1 Å². The van der Waals surface area contributed by atoms with E-state index in [1.54, 1.807) is 43.5 Å². The second-order valence-corrected chi connectivity index (χ2v) is 6.29. The summed E-state index contributed by atoms with van der Waals surface area (Å²) >= 11 is 0. The van der Waals surface area contributed by atoms with Crippen LogP contribution in [-0.4, -0.2) is 44.6 Å². The maximum absolute atomic E-state index is 12.2. The highest BCUT2D eigenvalue weighted by molar-refractivity contribution is 5.90. The van der Waals surface area contributed by atoms with Crippen LogP contribution in [0, 0.1) is 0 Å². The smallest absolute Gasteiger partial charge is 0.319 e. The van der Waals surface area contributed by atoms with E-state index < -0.39 is 6.03 Å². The summed E-state index contributed by atoms with van der Waals surface area (Å²) in [5.41, 5.74) is 0.455. The quantitative estimate of drug-likeness (QED) is 0.485. The zero-order chi connectivity index (χ0) is 22.9. The maximum Gasteiger partial charge on any atom is 0.319 e. The highest BCUT2D eigenvalue weighted by atomic mass is 16.5. The summed E-state index contributed by atoms with van der Waals surface area (Å²) in [5.74, 6) is 3.22. The van der Waals surface area contributed by atoms with Gasteiger partial charge in [-0.3, -0.25) is 0 Å². The molecule has 0 aliphatic rings. The molecule has 0 aliphatic carbocycles. The Kier molecular flexibility index (Phi) is 7.57. The molecule has 0 saturated carbocycles. The lowest BCUT2D eigenvalue weighted by atomic mass is 10.2. The summed E-state index contributed by atoms with van der Waals surface area (Å²) in [5, 5.41) is 9.16. The van der Waals surface area contributed by atoms with Gasteiger partial charge in [-0.15, -0.1) is 0 Å². The summed E-state index contributed by atoms with van der Waals surface area (Å²) < 4.78 is 31.6.